The summed E-state index contributed by atoms with van der Waals surface area (Å²) in [4.78, 5) is 27.5. The lowest BCUT2D eigenvalue weighted by Crippen LogP contribution is -2.50. The summed E-state index contributed by atoms with van der Waals surface area (Å²) in [5, 5.41) is 2.78. The standard InChI is InChI=1S/C26H33F4N3O4S/c1-5-23(25(35)31-18(2)3)32(17-19-11-13-21(27)14-12-19)24(34)10-7-15-33(38(4,36)37)22-9-6-8-20(16-22)26(28,29)30/h6,8-9,11-14,16,18,23H,5,7,10,15,17H2,1-4H3,(H,31,35)/t23-/m1/s1. The van der Waals surface area contributed by atoms with Gasteiger partial charge in [-0.3, -0.25) is 13.9 Å². The van der Waals surface area contributed by atoms with E-state index in [4.69, 9.17) is 0 Å². The van der Waals surface area contributed by atoms with Crippen molar-refractivity contribution in [2.75, 3.05) is 17.1 Å². The Labute approximate surface area is 220 Å². The lowest BCUT2D eigenvalue weighted by molar-refractivity contribution is -0.141. The molecular formula is C26H33F4N3O4S. The first-order valence-corrected chi connectivity index (χ1v) is 14.0. The number of alkyl halides is 3. The second kappa shape index (κ2) is 13.1. The van der Waals surface area contributed by atoms with E-state index >= 15 is 0 Å². The Morgan fingerprint density at radius 3 is 2.21 bits per heavy atom. The van der Waals surface area contributed by atoms with Gasteiger partial charge in [-0.15, -0.1) is 0 Å². The Morgan fingerprint density at radius 2 is 1.68 bits per heavy atom. The van der Waals surface area contributed by atoms with Gasteiger partial charge in [0.15, 0.2) is 0 Å². The van der Waals surface area contributed by atoms with Crippen LogP contribution in [0.1, 0.15) is 51.2 Å². The number of rotatable bonds is 12. The molecule has 0 radical (unpaired) electrons. The van der Waals surface area contributed by atoms with Crippen LogP contribution in [0.25, 0.3) is 0 Å². The summed E-state index contributed by atoms with van der Waals surface area (Å²) in [6.07, 6.45) is -3.66. The molecule has 2 rings (SSSR count). The number of amides is 2. The van der Waals surface area contributed by atoms with E-state index in [1.807, 2.05) is 0 Å². The van der Waals surface area contributed by atoms with E-state index in [1.165, 1.54) is 35.2 Å². The average Bonchev–Trinajstić information content (AvgIpc) is 2.81. The molecule has 0 aliphatic rings. The highest BCUT2D eigenvalue weighted by atomic mass is 32.2. The fraction of sp³-hybridized carbons (Fsp3) is 0.462. The van der Waals surface area contributed by atoms with Crippen LogP contribution < -0.4 is 9.62 Å². The molecule has 1 atom stereocenters. The first kappa shape index (κ1) is 31.1. The minimum Gasteiger partial charge on any atom is -0.352 e. The molecule has 12 heteroatoms. The van der Waals surface area contributed by atoms with Crippen LogP contribution in [0.15, 0.2) is 48.5 Å². The van der Waals surface area contributed by atoms with E-state index in [9.17, 15) is 35.6 Å². The fourth-order valence-corrected chi connectivity index (χ4v) is 4.89. The van der Waals surface area contributed by atoms with Gasteiger partial charge in [0.1, 0.15) is 11.9 Å². The minimum atomic E-state index is -4.65. The molecule has 7 nitrogen and oxygen atoms in total. The number of sulfonamides is 1. The molecule has 0 fully saturated rings. The highest BCUT2D eigenvalue weighted by molar-refractivity contribution is 7.92. The van der Waals surface area contributed by atoms with Gasteiger partial charge in [0.25, 0.3) is 0 Å². The molecule has 0 aliphatic carbocycles. The molecule has 2 amide bonds. The summed E-state index contributed by atoms with van der Waals surface area (Å²) in [6.45, 7) is 5.08. The molecule has 0 saturated carbocycles. The maximum Gasteiger partial charge on any atom is 0.416 e. The molecule has 1 N–H and O–H groups in total. The van der Waals surface area contributed by atoms with E-state index in [0.717, 1.165) is 28.8 Å². The second-order valence-corrected chi connectivity index (χ2v) is 11.1. The van der Waals surface area contributed by atoms with E-state index in [2.05, 4.69) is 5.32 Å². The minimum absolute atomic E-state index is 0.00962. The average molecular weight is 560 g/mol. The number of benzene rings is 2. The summed E-state index contributed by atoms with van der Waals surface area (Å²) in [5.74, 6) is -1.26. The van der Waals surface area contributed by atoms with Crippen molar-refractivity contribution >= 4 is 27.5 Å². The van der Waals surface area contributed by atoms with Gasteiger partial charge in [-0.25, -0.2) is 12.8 Å². The van der Waals surface area contributed by atoms with Crippen LogP contribution in [0.3, 0.4) is 0 Å². The number of hydrogen-bond donors (Lipinski definition) is 1. The normalized spacial score (nSPS) is 12.8. The third-order valence-corrected chi connectivity index (χ3v) is 6.89. The van der Waals surface area contributed by atoms with Gasteiger partial charge < -0.3 is 10.2 Å². The van der Waals surface area contributed by atoms with Crippen molar-refractivity contribution in [2.45, 2.75) is 64.8 Å². The maximum atomic E-state index is 13.4. The van der Waals surface area contributed by atoms with Crippen LogP contribution in [0.4, 0.5) is 23.2 Å². The number of hydrogen-bond acceptors (Lipinski definition) is 4. The molecule has 210 valence electrons. The topological polar surface area (TPSA) is 86.8 Å². The van der Waals surface area contributed by atoms with Crippen molar-refractivity contribution in [1.82, 2.24) is 10.2 Å². The fourth-order valence-electron chi connectivity index (χ4n) is 3.93. The smallest absolute Gasteiger partial charge is 0.352 e. The molecule has 2 aromatic carbocycles. The van der Waals surface area contributed by atoms with E-state index < -0.39 is 39.5 Å². The lowest BCUT2D eigenvalue weighted by Gasteiger charge is -2.31. The lowest BCUT2D eigenvalue weighted by atomic mass is 10.1. The summed E-state index contributed by atoms with van der Waals surface area (Å²) in [5.41, 5.74) is -0.565. The van der Waals surface area contributed by atoms with Crippen LogP contribution in [-0.4, -0.2) is 50.0 Å². The first-order chi connectivity index (χ1) is 17.6. The van der Waals surface area contributed by atoms with Crippen LogP contribution in [-0.2, 0) is 32.3 Å². The Balaban J connectivity index is 2.25. The summed E-state index contributed by atoms with van der Waals surface area (Å²) in [7, 11) is -3.96. The van der Waals surface area contributed by atoms with Gasteiger partial charge in [-0.1, -0.05) is 25.1 Å². The zero-order chi connectivity index (χ0) is 28.7. The summed E-state index contributed by atoms with van der Waals surface area (Å²) in [6, 6.07) is 8.44. The SMILES string of the molecule is CC[C@H](C(=O)NC(C)C)N(Cc1ccc(F)cc1)C(=O)CCCN(c1cccc(C(F)(F)F)c1)S(C)(=O)=O. The van der Waals surface area contributed by atoms with Crippen LogP contribution in [0.2, 0.25) is 0 Å². The van der Waals surface area contributed by atoms with Gasteiger partial charge >= 0.3 is 6.18 Å². The Morgan fingerprint density at radius 1 is 1.05 bits per heavy atom. The first-order valence-electron chi connectivity index (χ1n) is 12.1. The number of nitrogens with one attached hydrogen (secondary N) is 1. The van der Waals surface area contributed by atoms with Gasteiger partial charge in [0, 0.05) is 25.6 Å². The van der Waals surface area contributed by atoms with Gasteiger partial charge in [0.05, 0.1) is 17.5 Å². The molecular weight excluding hydrogens is 526 g/mol. The molecule has 2 aromatic rings. The molecule has 0 saturated heterocycles. The van der Waals surface area contributed by atoms with Crippen LogP contribution in [0, 0.1) is 5.82 Å². The van der Waals surface area contributed by atoms with Crippen molar-refractivity contribution in [1.29, 1.82) is 0 Å². The third kappa shape index (κ3) is 9.00. The molecule has 0 bridgehead atoms. The van der Waals surface area contributed by atoms with Crippen molar-refractivity contribution in [3.05, 3.63) is 65.5 Å². The largest absolute Gasteiger partial charge is 0.416 e. The van der Waals surface area contributed by atoms with Crippen molar-refractivity contribution < 1.29 is 35.6 Å². The van der Waals surface area contributed by atoms with E-state index in [1.54, 1.807) is 20.8 Å². The maximum absolute atomic E-state index is 13.4. The molecule has 38 heavy (non-hydrogen) atoms. The number of carbonyl (C=O) groups is 2. The number of anilines is 1. The third-order valence-electron chi connectivity index (χ3n) is 5.70. The Kier molecular flexibility index (Phi) is 10.7. The number of carbonyl (C=O) groups excluding carboxylic acids is 2. The zero-order valence-corrected chi connectivity index (χ0v) is 22.6. The van der Waals surface area contributed by atoms with Crippen molar-refractivity contribution in [3.8, 4) is 0 Å². The van der Waals surface area contributed by atoms with E-state index in [0.29, 0.717) is 12.0 Å². The predicted molar refractivity (Wildman–Crippen MR) is 137 cm³/mol. The van der Waals surface area contributed by atoms with Gasteiger partial charge in [0.2, 0.25) is 21.8 Å². The van der Waals surface area contributed by atoms with Crippen molar-refractivity contribution in [3.63, 3.8) is 0 Å². The summed E-state index contributed by atoms with van der Waals surface area (Å²) < 4.78 is 78.4. The molecule has 0 unspecified atom stereocenters. The monoisotopic (exact) mass is 559 g/mol. The highest BCUT2D eigenvalue weighted by Gasteiger charge is 2.32. The molecule has 0 spiro atoms. The van der Waals surface area contributed by atoms with Crippen LogP contribution >= 0.6 is 0 Å². The number of halogens is 4. The highest BCUT2D eigenvalue weighted by Crippen LogP contribution is 2.32. The predicted octanol–water partition coefficient (Wildman–Crippen LogP) is 4.72. The molecule has 0 heterocycles. The Bertz CT molecular complexity index is 1200. The quantitative estimate of drug-likeness (QED) is 0.381. The van der Waals surface area contributed by atoms with Crippen LogP contribution in [0.5, 0.6) is 0 Å². The number of nitrogens with zero attached hydrogens (tertiary/aromatic N) is 2. The molecule has 0 aromatic heterocycles. The van der Waals surface area contributed by atoms with Gasteiger partial charge in [-0.2, -0.15) is 13.2 Å². The summed E-state index contributed by atoms with van der Waals surface area (Å²) >= 11 is 0. The second-order valence-electron chi connectivity index (χ2n) is 9.22. The van der Waals surface area contributed by atoms with Crippen molar-refractivity contribution in [2.24, 2.45) is 0 Å². The van der Waals surface area contributed by atoms with E-state index in [-0.39, 0.29) is 43.6 Å². The van der Waals surface area contributed by atoms with Gasteiger partial charge in [-0.05, 0) is 62.6 Å². The Hall–Kier alpha value is -3.15. The zero-order valence-electron chi connectivity index (χ0n) is 21.8. The molecule has 0 aliphatic heterocycles.